The van der Waals surface area contributed by atoms with Crippen LogP contribution in [0.15, 0.2) is 24.3 Å². The minimum atomic E-state index is 0.135. The van der Waals surface area contributed by atoms with Gasteiger partial charge in [0.25, 0.3) is 0 Å². The summed E-state index contributed by atoms with van der Waals surface area (Å²) in [5, 5.41) is 18.3. The van der Waals surface area contributed by atoms with Gasteiger partial charge in [0.15, 0.2) is 0 Å². The van der Waals surface area contributed by atoms with Gasteiger partial charge in [0.1, 0.15) is 6.07 Å². The van der Waals surface area contributed by atoms with Crippen LogP contribution >= 0.6 is 0 Å². The van der Waals surface area contributed by atoms with Crippen LogP contribution in [-0.4, -0.2) is 24.3 Å². The summed E-state index contributed by atoms with van der Waals surface area (Å²) in [7, 11) is 0. The summed E-state index contributed by atoms with van der Waals surface area (Å²) < 4.78 is 0. The Kier molecular flexibility index (Phi) is 4.00. The van der Waals surface area contributed by atoms with E-state index in [-0.39, 0.29) is 6.61 Å². The van der Waals surface area contributed by atoms with Crippen LogP contribution in [0, 0.1) is 11.3 Å². The molecule has 0 heterocycles. The molecular weight excluding hydrogens is 212 g/mol. The van der Waals surface area contributed by atoms with Crippen LogP contribution in [0.3, 0.4) is 0 Å². The highest BCUT2D eigenvalue weighted by atomic mass is 16.3. The number of benzene rings is 1. The molecule has 2 rings (SSSR count). The van der Waals surface area contributed by atoms with Gasteiger partial charge in [-0.3, -0.25) is 0 Å². The maximum Gasteiger partial charge on any atom is 0.101 e. The molecule has 3 nitrogen and oxygen atoms in total. The number of aliphatic hydroxyl groups is 1. The quantitative estimate of drug-likeness (QED) is 0.863. The normalized spacial score (nSPS) is 15.8. The summed E-state index contributed by atoms with van der Waals surface area (Å²) in [6.45, 7) is 0.750. The van der Waals surface area contributed by atoms with Crippen LogP contribution in [0.4, 0.5) is 5.69 Å². The molecule has 0 bridgehead atoms. The minimum absolute atomic E-state index is 0.135. The van der Waals surface area contributed by atoms with E-state index in [0.29, 0.717) is 18.2 Å². The van der Waals surface area contributed by atoms with Gasteiger partial charge in [-0.25, -0.2) is 0 Å². The summed E-state index contributed by atoms with van der Waals surface area (Å²) in [6, 6.07) is 10.4. The first-order valence-corrected chi connectivity index (χ1v) is 6.23. The highest BCUT2D eigenvalue weighted by molar-refractivity contribution is 5.59. The molecule has 0 saturated heterocycles. The fourth-order valence-electron chi connectivity index (χ4n) is 2.64. The van der Waals surface area contributed by atoms with E-state index >= 15 is 0 Å². The van der Waals surface area contributed by atoms with Crippen LogP contribution in [-0.2, 0) is 0 Å². The van der Waals surface area contributed by atoms with Crippen molar-refractivity contribution in [2.75, 3.05) is 18.1 Å². The first kappa shape index (κ1) is 11.9. The Hall–Kier alpha value is -1.53. The first-order valence-electron chi connectivity index (χ1n) is 6.23. The standard InChI is InChI=1S/C14H18N2O/c15-11-12-5-1-4-8-14(12)16(9-10-17)13-6-2-3-7-13/h1,4-5,8,13,17H,2-3,6-7,9-10H2. The molecular formula is C14H18N2O. The van der Waals surface area contributed by atoms with Crippen LogP contribution in [0.1, 0.15) is 31.2 Å². The van der Waals surface area contributed by atoms with Crippen molar-refractivity contribution in [3.63, 3.8) is 0 Å². The van der Waals surface area contributed by atoms with Crippen LogP contribution in [0.5, 0.6) is 0 Å². The number of hydrogen-bond donors (Lipinski definition) is 1. The predicted molar refractivity (Wildman–Crippen MR) is 67.8 cm³/mol. The maximum atomic E-state index is 9.20. The summed E-state index contributed by atoms with van der Waals surface area (Å²) in [5.41, 5.74) is 1.67. The second-order valence-corrected chi connectivity index (χ2v) is 4.48. The third-order valence-electron chi connectivity index (χ3n) is 3.44. The average molecular weight is 230 g/mol. The van der Waals surface area contributed by atoms with Gasteiger partial charge in [-0.2, -0.15) is 5.26 Å². The third-order valence-corrected chi connectivity index (χ3v) is 3.44. The topological polar surface area (TPSA) is 47.3 Å². The van der Waals surface area contributed by atoms with E-state index in [0.717, 1.165) is 5.69 Å². The van der Waals surface area contributed by atoms with Gasteiger partial charge < -0.3 is 10.0 Å². The number of nitriles is 1. The molecule has 0 aliphatic heterocycles. The van der Waals surface area contributed by atoms with Gasteiger partial charge in [0, 0.05) is 12.6 Å². The first-order chi connectivity index (χ1) is 8.36. The molecule has 1 aliphatic rings. The second kappa shape index (κ2) is 5.70. The number of hydrogen-bond acceptors (Lipinski definition) is 3. The lowest BCUT2D eigenvalue weighted by Crippen LogP contribution is -2.36. The fourth-order valence-corrected chi connectivity index (χ4v) is 2.64. The number of aliphatic hydroxyl groups excluding tert-OH is 1. The van der Waals surface area contributed by atoms with Gasteiger partial charge in [0.05, 0.1) is 17.9 Å². The van der Waals surface area contributed by atoms with E-state index in [1.165, 1.54) is 25.7 Å². The van der Waals surface area contributed by atoms with Gasteiger partial charge in [-0.15, -0.1) is 0 Å². The molecule has 0 radical (unpaired) electrons. The monoisotopic (exact) mass is 230 g/mol. The van der Waals surface area contributed by atoms with Crippen molar-refractivity contribution in [2.45, 2.75) is 31.7 Å². The van der Waals surface area contributed by atoms with Crippen LogP contribution in [0.2, 0.25) is 0 Å². The van der Waals surface area contributed by atoms with Crippen molar-refractivity contribution < 1.29 is 5.11 Å². The Balaban J connectivity index is 2.28. The zero-order chi connectivity index (χ0) is 12.1. The van der Waals surface area contributed by atoms with Crippen molar-refractivity contribution in [1.29, 1.82) is 5.26 Å². The molecule has 1 aromatic carbocycles. The minimum Gasteiger partial charge on any atom is -0.395 e. The molecule has 0 amide bonds. The van der Waals surface area contributed by atoms with Crippen molar-refractivity contribution in [1.82, 2.24) is 0 Å². The molecule has 0 aromatic heterocycles. The zero-order valence-electron chi connectivity index (χ0n) is 9.97. The summed E-state index contributed by atoms with van der Waals surface area (Å²) in [6.07, 6.45) is 4.84. The lowest BCUT2D eigenvalue weighted by Gasteiger charge is -2.31. The van der Waals surface area contributed by atoms with Crippen molar-refractivity contribution in [3.8, 4) is 6.07 Å². The third kappa shape index (κ3) is 2.59. The van der Waals surface area contributed by atoms with Crippen LogP contribution < -0.4 is 4.90 Å². The molecule has 17 heavy (non-hydrogen) atoms. The second-order valence-electron chi connectivity index (χ2n) is 4.48. The number of nitrogens with zero attached hydrogens (tertiary/aromatic N) is 2. The average Bonchev–Trinajstić information content (AvgIpc) is 2.89. The van der Waals surface area contributed by atoms with E-state index in [1.807, 2.05) is 24.3 Å². The SMILES string of the molecule is N#Cc1ccccc1N(CCO)C1CCCC1. The highest BCUT2D eigenvalue weighted by Gasteiger charge is 2.23. The molecule has 1 N–H and O–H groups in total. The lowest BCUT2D eigenvalue weighted by atomic mass is 10.1. The van der Waals surface area contributed by atoms with E-state index in [4.69, 9.17) is 5.26 Å². The van der Waals surface area contributed by atoms with E-state index in [1.54, 1.807) is 0 Å². The molecule has 0 atom stereocenters. The molecule has 1 saturated carbocycles. The van der Waals surface area contributed by atoms with Gasteiger partial charge >= 0.3 is 0 Å². The van der Waals surface area contributed by atoms with Gasteiger partial charge in [0.2, 0.25) is 0 Å². The summed E-state index contributed by atoms with van der Waals surface area (Å²) in [4.78, 5) is 2.20. The fraction of sp³-hybridized carbons (Fsp3) is 0.500. The number of anilines is 1. The molecule has 1 aliphatic carbocycles. The summed E-state index contributed by atoms with van der Waals surface area (Å²) in [5.74, 6) is 0. The zero-order valence-corrected chi connectivity index (χ0v) is 9.97. The molecule has 1 aromatic rings. The largest absolute Gasteiger partial charge is 0.395 e. The Labute approximate surface area is 102 Å². The summed E-state index contributed by atoms with van der Waals surface area (Å²) >= 11 is 0. The Morgan fingerprint density at radius 2 is 2.00 bits per heavy atom. The van der Waals surface area contributed by atoms with Gasteiger partial charge in [-0.05, 0) is 25.0 Å². The van der Waals surface area contributed by atoms with Crippen molar-refractivity contribution in [3.05, 3.63) is 29.8 Å². The molecule has 1 fully saturated rings. The molecule has 0 unspecified atom stereocenters. The maximum absolute atomic E-state index is 9.20. The molecule has 3 heteroatoms. The van der Waals surface area contributed by atoms with Crippen molar-refractivity contribution >= 4 is 5.69 Å². The lowest BCUT2D eigenvalue weighted by molar-refractivity contribution is 0.297. The number of rotatable bonds is 4. The van der Waals surface area contributed by atoms with Crippen molar-refractivity contribution in [2.24, 2.45) is 0 Å². The Bertz CT molecular complexity index is 405. The van der Waals surface area contributed by atoms with E-state index < -0.39 is 0 Å². The molecule has 90 valence electrons. The van der Waals surface area contributed by atoms with Gasteiger partial charge in [-0.1, -0.05) is 25.0 Å². The Morgan fingerprint density at radius 3 is 2.65 bits per heavy atom. The smallest absolute Gasteiger partial charge is 0.101 e. The predicted octanol–water partition coefficient (Wildman–Crippen LogP) is 2.30. The van der Waals surface area contributed by atoms with E-state index in [9.17, 15) is 5.11 Å². The van der Waals surface area contributed by atoms with Crippen LogP contribution in [0.25, 0.3) is 0 Å². The Morgan fingerprint density at radius 1 is 1.29 bits per heavy atom. The van der Waals surface area contributed by atoms with E-state index in [2.05, 4.69) is 11.0 Å². The number of para-hydroxylation sites is 1. The highest BCUT2D eigenvalue weighted by Crippen LogP contribution is 2.29. The molecule has 0 spiro atoms.